The van der Waals surface area contributed by atoms with Gasteiger partial charge in [-0.15, -0.1) is 0 Å². The highest BCUT2D eigenvalue weighted by atomic mass is 35.5. The number of hydrogen-bond acceptors (Lipinski definition) is 2. The van der Waals surface area contributed by atoms with Gasteiger partial charge in [0.25, 0.3) is 0 Å². The third-order valence-electron chi connectivity index (χ3n) is 5.63. The zero-order valence-corrected chi connectivity index (χ0v) is 14.3. The largest absolute Gasteiger partial charge is 0.469 e. The van der Waals surface area contributed by atoms with Gasteiger partial charge in [-0.3, -0.25) is 0 Å². The van der Waals surface area contributed by atoms with Crippen LogP contribution in [0.5, 0.6) is 0 Å². The van der Waals surface area contributed by atoms with Crippen LogP contribution in [-0.2, 0) is 14.6 Å². The summed E-state index contributed by atoms with van der Waals surface area (Å²) >= 11 is 6.04. The zero-order chi connectivity index (χ0) is 15.5. The van der Waals surface area contributed by atoms with Crippen molar-refractivity contribution in [3.8, 4) is 0 Å². The van der Waals surface area contributed by atoms with Gasteiger partial charge < -0.3 is 9.31 Å². The zero-order valence-electron chi connectivity index (χ0n) is 13.6. The molecular formula is C17H24BClO2. The van der Waals surface area contributed by atoms with Crippen LogP contribution in [0.25, 0.3) is 0 Å². The molecule has 0 unspecified atom stereocenters. The van der Waals surface area contributed by atoms with Crippen molar-refractivity contribution < 1.29 is 9.31 Å². The van der Waals surface area contributed by atoms with Crippen molar-refractivity contribution >= 4 is 18.7 Å². The molecule has 114 valence electrons. The van der Waals surface area contributed by atoms with Crippen LogP contribution < -0.4 is 0 Å². The van der Waals surface area contributed by atoms with Crippen LogP contribution in [0.1, 0.15) is 53.0 Å². The van der Waals surface area contributed by atoms with Crippen molar-refractivity contribution in [1.82, 2.24) is 0 Å². The minimum Gasteiger partial charge on any atom is -0.403 e. The monoisotopic (exact) mass is 306 g/mol. The van der Waals surface area contributed by atoms with Crippen molar-refractivity contribution in [2.24, 2.45) is 5.92 Å². The van der Waals surface area contributed by atoms with E-state index in [0.717, 1.165) is 5.02 Å². The molecule has 0 aromatic heterocycles. The van der Waals surface area contributed by atoms with Gasteiger partial charge in [0.1, 0.15) is 0 Å². The normalized spacial score (nSPS) is 26.7. The summed E-state index contributed by atoms with van der Waals surface area (Å²) in [6, 6.07) is 8.16. The van der Waals surface area contributed by atoms with E-state index in [9.17, 15) is 0 Å². The Morgan fingerprint density at radius 1 is 1.05 bits per heavy atom. The van der Waals surface area contributed by atoms with E-state index >= 15 is 0 Å². The summed E-state index contributed by atoms with van der Waals surface area (Å²) in [6.07, 6.45) is 2.48. The number of rotatable bonds is 3. The molecule has 1 aliphatic heterocycles. The molecule has 2 fully saturated rings. The van der Waals surface area contributed by atoms with Gasteiger partial charge in [-0.1, -0.05) is 30.7 Å². The van der Waals surface area contributed by atoms with Gasteiger partial charge in [0.15, 0.2) is 0 Å². The van der Waals surface area contributed by atoms with E-state index in [4.69, 9.17) is 20.9 Å². The second kappa shape index (κ2) is 4.74. The Hall–Kier alpha value is -0.505. The van der Waals surface area contributed by atoms with E-state index in [1.54, 1.807) is 0 Å². The first-order chi connectivity index (χ1) is 9.67. The van der Waals surface area contributed by atoms with Crippen LogP contribution in [0.4, 0.5) is 0 Å². The standard InChI is InChI=1S/C17H24BClO2/c1-15(2)16(3,4)21-18(20-15)17(5,12-6-7-12)13-8-10-14(19)11-9-13/h8-12H,6-7H2,1-5H3/t17-/m1/s1. The first-order valence-corrected chi connectivity index (χ1v) is 8.16. The number of halogens is 1. The Kier molecular flexibility index (Phi) is 3.48. The molecule has 0 N–H and O–H groups in total. The minimum atomic E-state index is -0.291. The summed E-state index contributed by atoms with van der Waals surface area (Å²) in [7, 11) is -0.212. The second-order valence-corrected chi connectivity index (χ2v) is 8.09. The maximum atomic E-state index is 6.36. The second-order valence-electron chi connectivity index (χ2n) is 7.65. The van der Waals surface area contributed by atoms with Gasteiger partial charge in [0.2, 0.25) is 0 Å². The topological polar surface area (TPSA) is 18.5 Å². The lowest BCUT2D eigenvalue weighted by Crippen LogP contribution is -2.45. The summed E-state index contributed by atoms with van der Waals surface area (Å²) < 4.78 is 12.7. The molecule has 0 radical (unpaired) electrons. The van der Waals surface area contributed by atoms with Crippen molar-refractivity contribution in [3.63, 3.8) is 0 Å². The molecule has 1 aromatic carbocycles. The minimum absolute atomic E-state index is 0.115. The molecule has 3 rings (SSSR count). The Bertz CT molecular complexity index is 520. The third kappa shape index (κ3) is 2.44. The maximum absolute atomic E-state index is 6.36. The van der Waals surface area contributed by atoms with Crippen LogP contribution in [0.2, 0.25) is 5.02 Å². The molecule has 0 spiro atoms. The van der Waals surface area contributed by atoms with Gasteiger partial charge in [-0.25, -0.2) is 0 Å². The Balaban J connectivity index is 1.98. The van der Waals surface area contributed by atoms with Crippen LogP contribution in [-0.4, -0.2) is 18.3 Å². The molecule has 2 aliphatic rings. The van der Waals surface area contributed by atoms with E-state index in [2.05, 4.69) is 46.8 Å². The van der Waals surface area contributed by atoms with Crippen molar-refractivity contribution in [2.45, 2.75) is 64.0 Å². The summed E-state index contributed by atoms with van der Waals surface area (Å²) in [4.78, 5) is 0. The first-order valence-electron chi connectivity index (χ1n) is 7.78. The fourth-order valence-corrected chi connectivity index (χ4v) is 3.27. The average molecular weight is 307 g/mol. The highest BCUT2D eigenvalue weighted by Gasteiger charge is 2.62. The van der Waals surface area contributed by atoms with Gasteiger partial charge in [0, 0.05) is 10.3 Å². The predicted octanol–water partition coefficient (Wildman–Crippen LogP) is 4.64. The van der Waals surface area contributed by atoms with E-state index in [1.807, 2.05) is 12.1 Å². The summed E-state index contributed by atoms with van der Waals surface area (Å²) in [5.74, 6) is 0.619. The third-order valence-corrected chi connectivity index (χ3v) is 5.89. The molecule has 1 heterocycles. The van der Waals surface area contributed by atoms with Gasteiger partial charge in [-0.05, 0) is 64.2 Å². The van der Waals surface area contributed by atoms with Crippen LogP contribution in [0.15, 0.2) is 24.3 Å². The van der Waals surface area contributed by atoms with E-state index in [0.29, 0.717) is 5.92 Å². The molecule has 0 amide bonds. The molecule has 1 saturated carbocycles. The predicted molar refractivity (Wildman–Crippen MR) is 87.6 cm³/mol. The lowest BCUT2D eigenvalue weighted by atomic mass is 9.52. The highest BCUT2D eigenvalue weighted by molar-refractivity contribution is 6.50. The summed E-state index contributed by atoms with van der Waals surface area (Å²) in [5, 5.41) is 0.654. The van der Waals surface area contributed by atoms with Crippen LogP contribution in [0.3, 0.4) is 0 Å². The number of benzene rings is 1. The van der Waals surface area contributed by atoms with Gasteiger partial charge in [0.05, 0.1) is 11.2 Å². The molecule has 1 aromatic rings. The first kappa shape index (κ1) is 15.4. The van der Waals surface area contributed by atoms with E-state index < -0.39 is 0 Å². The molecule has 1 atom stereocenters. The maximum Gasteiger partial charge on any atom is 0.469 e. The van der Waals surface area contributed by atoms with Crippen LogP contribution in [0, 0.1) is 5.92 Å². The summed E-state index contributed by atoms with van der Waals surface area (Å²) in [5.41, 5.74) is 0.674. The molecule has 2 nitrogen and oxygen atoms in total. The smallest absolute Gasteiger partial charge is 0.403 e. The van der Waals surface area contributed by atoms with Crippen molar-refractivity contribution in [2.75, 3.05) is 0 Å². The van der Waals surface area contributed by atoms with Gasteiger partial charge >= 0.3 is 7.12 Å². The molecule has 1 aliphatic carbocycles. The molecule has 4 heteroatoms. The van der Waals surface area contributed by atoms with Crippen molar-refractivity contribution in [1.29, 1.82) is 0 Å². The summed E-state index contributed by atoms with van der Waals surface area (Å²) in [6.45, 7) is 10.7. The average Bonchev–Trinajstić information content (AvgIpc) is 3.18. The van der Waals surface area contributed by atoms with Crippen LogP contribution >= 0.6 is 11.6 Å². The molecule has 21 heavy (non-hydrogen) atoms. The molecule has 1 saturated heterocycles. The Morgan fingerprint density at radius 3 is 1.95 bits per heavy atom. The SMILES string of the molecule is CC1(C)OB([C@@](C)(c2ccc(Cl)cc2)C2CC2)OC1(C)C. The lowest BCUT2D eigenvalue weighted by Gasteiger charge is -2.32. The molecule has 0 bridgehead atoms. The number of hydrogen-bond donors (Lipinski definition) is 0. The van der Waals surface area contributed by atoms with E-state index in [1.165, 1.54) is 18.4 Å². The van der Waals surface area contributed by atoms with E-state index in [-0.39, 0.29) is 23.6 Å². The quantitative estimate of drug-likeness (QED) is 0.757. The lowest BCUT2D eigenvalue weighted by molar-refractivity contribution is 0.00578. The fourth-order valence-electron chi connectivity index (χ4n) is 3.14. The fraction of sp³-hybridized carbons (Fsp3) is 0.647. The van der Waals surface area contributed by atoms with Gasteiger partial charge in [-0.2, -0.15) is 0 Å². The van der Waals surface area contributed by atoms with Crippen molar-refractivity contribution in [3.05, 3.63) is 34.9 Å². The highest BCUT2D eigenvalue weighted by Crippen LogP contribution is 2.53. The molecular weight excluding hydrogens is 282 g/mol. The Morgan fingerprint density at radius 2 is 1.52 bits per heavy atom. The Labute approximate surface area is 133 Å².